The average Bonchev–Trinajstić information content (AvgIpc) is 3.67. The number of hydrogen-bond donors (Lipinski definition) is 5. The van der Waals surface area contributed by atoms with E-state index in [2.05, 4.69) is 22.4 Å². The number of benzene rings is 1. The summed E-state index contributed by atoms with van der Waals surface area (Å²) in [5.74, 6) is -0.517. The number of carbonyl (C=O) groups excluding carboxylic acids is 2. The summed E-state index contributed by atoms with van der Waals surface area (Å²) in [5, 5.41) is 40.9. The number of nitrogens with one attached hydrogen (secondary N) is 2. The minimum Gasteiger partial charge on any atom is -0.458 e. The molecule has 1 aromatic heterocycles. The molecule has 0 bridgehead atoms. The maximum absolute atomic E-state index is 12.9. The summed E-state index contributed by atoms with van der Waals surface area (Å²) >= 11 is 0. The zero-order valence-electron chi connectivity index (χ0n) is 24.8. The van der Waals surface area contributed by atoms with E-state index in [0.29, 0.717) is 45.1 Å². The largest absolute Gasteiger partial charge is 0.458 e. The number of aromatic nitrogens is 1. The first-order valence-corrected chi connectivity index (χ1v) is 16.0. The summed E-state index contributed by atoms with van der Waals surface area (Å²) in [5.41, 5.74) is 2.57. The lowest BCUT2D eigenvalue weighted by Gasteiger charge is -2.65. The van der Waals surface area contributed by atoms with Gasteiger partial charge in [0, 0.05) is 53.1 Å². The first-order chi connectivity index (χ1) is 20.6. The number of aliphatic hydroxyl groups excluding tert-OH is 1. The maximum atomic E-state index is 12.9. The minimum absolute atomic E-state index is 0.0436. The zero-order valence-corrected chi connectivity index (χ0v) is 24.8. The van der Waals surface area contributed by atoms with Crippen molar-refractivity contribution in [1.82, 2.24) is 10.4 Å². The number of carbonyl (C=O) groups is 2. The van der Waals surface area contributed by atoms with Crippen LogP contribution in [0.1, 0.15) is 76.7 Å². The second-order valence-corrected chi connectivity index (χ2v) is 14.2. The first kappa shape index (κ1) is 28.7. The highest BCUT2D eigenvalue weighted by atomic mass is 16.5. The number of aromatic amines is 1. The normalized spacial score (nSPS) is 40.6. The van der Waals surface area contributed by atoms with Crippen LogP contribution < -0.4 is 5.43 Å². The molecule has 2 heterocycles. The molecule has 2 aromatic rings. The maximum Gasteiger partial charge on any atom is 0.331 e. The van der Waals surface area contributed by atoms with Crippen LogP contribution in [0.3, 0.4) is 0 Å². The molecule has 4 fully saturated rings. The fraction of sp³-hybridized carbons (Fsp3) is 0.618. The lowest BCUT2D eigenvalue weighted by Crippen LogP contribution is -2.68. The summed E-state index contributed by atoms with van der Waals surface area (Å²) in [7, 11) is 0. The van der Waals surface area contributed by atoms with E-state index >= 15 is 0 Å². The molecule has 4 aliphatic carbocycles. The van der Waals surface area contributed by atoms with Crippen LogP contribution in [0.15, 0.2) is 47.2 Å². The van der Waals surface area contributed by atoms with Crippen LogP contribution in [0.4, 0.5) is 0 Å². The van der Waals surface area contributed by atoms with Crippen molar-refractivity contribution in [1.29, 1.82) is 0 Å². The molecule has 9 nitrogen and oxygen atoms in total. The lowest BCUT2D eigenvalue weighted by molar-refractivity contribution is -0.237. The van der Waals surface area contributed by atoms with Gasteiger partial charge >= 0.3 is 5.97 Å². The molecule has 43 heavy (non-hydrogen) atoms. The molecule has 7 rings (SSSR count). The summed E-state index contributed by atoms with van der Waals surface area (Å²) in [4.78, 5) is 28.0. The number of amides is 1. The van der Waals surface area contributed by atoms with Crippen molar-refractivity contribution >= 4 is 29.0 Å². The van der Waals surface area contributed by atoms with Crippen molar-refractivity contribution in [3.63, 3.8) is 0 Å². The topological polar surface area (TPSA) is 144 Å². The van der Waals surface area contributed by atoms with Gasteiger partial charge in [-0.1, -0.05) is 25.1 Å². The van der Waals surface area contributed by atoms with E-state index in [1.165, 1.54) is 0 Å². The number of hydrogen-bond acceptors (Lipinski definition) is 7. The Bertz CT molecular complexity index is 1500. The fourth-order valence-electron chi connectivity index (χ4n) is 10.2. The number of hydrazone groups is 1. The minimum atomic E-state index is -1.17. The van der Waals surface area contributed by atoms with Crippen molar-refractivity contribution < 1.29 is 29.6 Å². The van der Waals surface area contributed by atoms with E-state index in [1.807, 2.05) is 30.5 Å². The molecule has 1 aliphatic heterocycles. The van der Waals surface area contributed by atoms with Crippen LogP contribution >= 0.6 is 0 Å². The van der Waals surface area contributed by atoms with Gasteiger partial charge in [0.15, 0.2) is 0 Å². The van der Waals surface area contributed by atoms with Crippen molar-refractivity contribution in [3.05, 3.63) is 47.7 Å². The van der Waals surface area contributed by atoms with Gasteiger partial charge in [0.25, 0.3) is 0 Å². The van der Waals surface area contributed by atoms with E-state index in [0.717, 1.165) is 41.3 Å². The second kappa shape index (κ2) is 10.3. The molecule has 0 radical (unpaired) electrons. The predicted molar refractivity (Wildman–Crippen MR) is 161 cm³/mol. The van der Waals surface area contributed by atoms with Crippen LogP contribution in [0.2, 0.25) is 0 Å². The van der Waals surface area contributed by atoms with E-state index in [1.54, 1.807) is 12.3 Å². The summed E-state index contributed by atoms with van der Waals surface area (Å²) in [6, 6.07) is 8.02. The number of ether oxygens (including phenoxy) is 1. The average molecular weight is 590 g/mol. The second-order valence-electron chi connectivity index (χ2n) is 14.2. The number of fused-ring (bicyclic) bond motifs is 6. The Labute approximate surface area is 251 Å². The van der Waals surface area contributed by atoms with Gasteiger partial charge in [-0.15, -0.1) is 0 Å². The van der Waals surface area contributed by atoms with Crippen LogP contribution in [0.5, 0.6) is 0 Å². The van der Waals surface area contributed by atoms with Gasteiger partial charge in [0.05, 0.1) is 17.3 Å². The molecular formula is C34H43N3O6. The molecule has 8 atom stereocenters. The van der Waals surface area contributed by atoms with Crippen LogP contribution in [-0.4, -0.2) is 62.3 Å². The number of aliphatic hydroxyl groups is 3. The number of aryl methyl sites for hydroxylation is 1. The van der Waals surface area contributed by atoms with E-state index in [9.17, 15) is 24.9 Å². The number of H-pyrrole nitrogens is 1. The molecular weight excluding hydrogens is 546 g/mol. The Morgan fingerprint density at radius 1 is 1.12 bits per heavy atom. The van der Waals surface area contributed by atoms with E-state index in [-0.39, 0.29) is 42.5 Å². The Morgan fingerprint density at radius 3 is 2.74 bits per heavy atom. The van der Waals surface area contributed by atoms with Gasteiger partial charge in [0.1, 0.15) is 6.61 Å². The molecule has 5 N–H and O–H groups in total. The Balaban J connectivity index is 1.12. The molecule has 5 aliphatic rings. The smallest absolute Gasteiger partial charge is 0.331 e. The number of nitrogens with zero attached hydrogens (tertiary/aromatic N) is 1. The Hall–Kier alpha value is -3.01. The quantitative estimate of drug-likeness (QED) is 0.196. The molecule has 4 saturated carbocycles. The zero-order chi connectivity index (χ0) is 30.0. The molecule has 9 heteroatoms. The number of esters is 1. The van der Waals surface area contributed by atoms with Gasteiger partial charge in [-0.25, -0.2) is 10.2 Å². The SMILES string of the molecule is C[C@]12CC[C@H]3[C@@H](CC[C@]4(O)C[C@H](O)CC[C@]34/C=N\NC(=O)CCc3c[nH]c4ccccc34)[C@]1(O)CC[C@H]2C1=CC(=O)OC1. The fourth-order valence-corrected chi connectivity index (χ4v) is 10.2. The van der Waals surface area contributed by atoms with Crippen LogP contribution in [0.25, 0.3) is 10.9 Å². The Morgan fingerprint density at radius 2 is 1.93 bits per heavy atom. The molecule has 1 aromatic carbocycles. The summed E-state index contributed by atoms with van der Waals surface area (Å²) < 4.78 is 5.25. The van der Waals surface area contributed by atoms with Crippen molar-refractivity contribution in [2.24, 2.45) is 33.7 Å². The molecule has 0 spiro atoms. The number of rotatable bonds is 6. The third-order valence-corrected chi connectivity index (χ3v) is 12.4. The van der Waals surface area contributed by atoms with Crippen molar-refractivity contribution in [2.45, 2.75) is 94.9 Å². The number of cyclic esters (lactones) is 1. The molecule has 0 saturated heterocycles. The lowest BCUT2D eigenvalue weighted by atomic mass is 9.41. The van der Waals surface area contributed by atoms with Gasteiger partial charge in [-0.2, -0.15) is 5.10 Å². The third-order valence-electron chi connectivity index (χ3n) is 12.4. The van der Waals surface area contributed by atoms with Gasteiger partial charge in [-0.3, -0.25) is 4.79 Å². The third kappa shape index (κ3) is 4.33. The molecule has 230 valence electrons. The van der Waals surface area contributed by atoms with Gasteiger partial charge < -0.3 is 25.0 Å². The van der Waals surface area contributed by atoms with Crippen molar-refractivity contribution in [2.75, 3.05) is 6.61 Å². The summed E-state index contributed by atoms with van der Waals surface area (Å²) in [6.07, 6.45) is 11.1. The number of para-hydroxylation sites is 1. The molecule has 1 amide bonds. The first-order valence-electron chi connectivity index (χ1n) is 16.0. The van der Waals surface area contributed by atoms with Gasteiger partial charge in [0.2, 0.25) is 5.91 Å². The van der Waals surface area contributed by atoms with E-state index in [4.69, 9.17) is 4.74 Å². The van der Waals surface area contributed by atoms with E-state index < -0.39 is 28.1 Å². The predicted octanol–water partition coefficient (Wildman–Crippen LogP) is 3.92. The standard InChI is InChI=1S/C34H43N3O6/c1-31-12-9-26-27(34(31,42)15-11-25(31)22-16-30(40)43-19-22)10-14-33(41)17-23(38)8-13-32(26,33)20-36-37-29(39)7-6-21-18-35-28-5-3-2-4-24(21)28/h2-5,16,18,20,23,25-27,35,38,41-42H,6-15,17,19H2,1H3,(H,37,39)/b36-20-/t23-,25+,26+,27-,31-,32+,33+,34-/m1/s1. The summed E-state index contributed by atoms with van der Waals surface area (Å²) in [6.45, 7) is 2.47. The van der Waals surface area contributed by atoms with Gasteiger partial charge in [-0.05, 0) is 92.7 Å². The van der Waals surface area contributed by atoms with Crippen molar-refractivity contribution in [3.8, 4) is 0 Å². The van der Waals surface area contributed by atoms with Crippen LogP contribution in [-0.2, 0) is 20.7 Å². The highest BCUT2D eigenvalue weighted by molar-refractivity contribution is 5.85. The Kier molecular flexibility index (Phi) is 6.87. The highest BCUT2D eigenvalue weighted by Crippen LogP contribution is 2.70. The molecule has 0 unspecified atom stereocenters. The van der Waals surface area contributed by atoms with Crippen LogP contribution in [0, 0.1) is 28.6 Å². The highest BCUT2D eigenvalue weighted by Gasteiger charge is 2.71. The monoisotopic (exact) mass is 589 g/mol.